The Hall–Kier alpha value is -13.9. The molecule has 15 aromatic rings. The molecule has 4 heteroatoms. The van der Waals surface area contributed by atoms with Crippen LogP contribution in [-0.2, 0) is 0 Å². The lowest BCUT2D eigenvalue weighted by Crippen LogP contribution is -2.39. The third-order valence-corrected chi connectivity index (χ3v) is 27.1. The van der Waals surface area contributed by atoms with Gasteiger partial charge in [0.15, 0.2) is 0 Å². The van der Waals surface area contributed by atoms with Gasteiger partial charge in [0, 0.05) is 51.7 Å². The summed E-state index contributed by atoms with van der Waals surface area (Å²) in [5.41, 5.74) is 44.6. The lowest BCUT2D eigenvalue weighted by atomic mass is 9.71. The molecule has 119 heavy (non-hydrogen) atoms. The van der Waals surface area contributed by atoms with Gasteiger partial charge in [-0.05, 0) is 272 Å². The molecule has 0 saturated heterocycles. The molecule has 0 aliphatic heterocycles. The van der Waals surface area contributed by atoms with Gasteiger partial charge in [-0.25, -0.2) is 4.40 Å². The topological polar surface area (TPSA) is 20.5 Å². The van der Waals surface area contributed by atoms with Crippen molar-refractivity contribution >= 4 is 68.3 Å². The zero-order valence-electron chi connectivity index (χ0n) is 66.1. The molecule has 1 aromatic heterocycles. The van der Waals surface area contributed by atoms with Gasteiger partial charge in [0.05, 0.1) is 28.5 Å². The first-order valence-electron chi connectivity index (χ1n) is 42.2. The van der Waals surface area contributed by atoms with Crippen LogP contribution in [0.5, 0.6) is 0 Å². The van der Waals surface area contributed by atoms with Gasteiger partial charge in [-0.2, -0.15) is 0 Å². The average Bonchev–Trinajstić information content (AvgIpc) is 0.807. The maximum atomic E-state index is 4.98. The minimum atomic E-state index is -0.0963. The van der Waals surface area contributed by atoms with E-state index in [1.165, 1.54) is 172 Å². The summed E-state index contributed by atoms with van der Waals surface area (Å²) in [4.78, 5) is 2.50. The van der Waals surface area contributed by atoms with Crippen molar-refractivity contribution in [3.8, 4) is 106 Å². The highest BCUT2D eigenvalue weighted by molar-refractivity contribution is 7.79. The number of thiol groups is 1. The molecule has 0 fully saturated rings. The largest absolute Gasteiger partial charge is 0.333 e. The Kier molecular flexibility index (Phi) is 17.2. The fraction of sp³-hybridized carbons (Fsp3) is 0.0870. The molecule has 14 aromatic carbocycles. The SMILES string of the molecule is CC1C(c2ccc(-n3c4ccc(-c5ccc6c(c5)C5=CC=CCC5c5ccccc5-c5ccccc5-6)cc4c4cc(-c5ccc6c(c5)C5C=CC=CC5c5ccccc5-c5ccccc5-6)ccc43)cc2)=CC=C(N(c2ccc(-c3ccccc3)cc2)C2C=CC(c3ccc4c(c3)C3=CC=CCC3c3ccccc3-c3ccccc3-4)=CC2)C1=NS. The third-order valence-electron chi connectivity index (χ3n) is 26.9. The molecule has 6 atom stereocenters. The Morgan fingerprint density at radius 2 is 0.756 bits per heavy atom. The standard InChI is InChI=1S/C115H83N3S/c1-72-85(63-66-114(115(72)116-119)117(82-54-43-74(44-55-82)73-23-3-2-4-24-73)83-56-45-75(46-57-83)77-49-60-104-98-37-14-11-31-92(98)86-25-5-8-28-89(86)95-34-17-20-40-101(95)107(104)67-77)76-47-58-84(59-48-76)118-112-64-52-80(78-50-61-105-99-38-15-12-32-93(99)87-26-6-9-29-90(87)96-35-18-21-41-102(96)108(105)68-78)70-110(112)111-71-81(53-65-113(111)118)79-51-62-106-100-39-16-13-33-94(100)88-27-7-10-30-91(88)97-36-19-22-42-103(97)109(106)69-79/h2-33,35,37-56,58-72,83,95-97,102,119H,34,36,57H2,1H3. The zero-order chi connectivity index (χ0) is 78.8. The molecule has 0 spiro atoms. The van der Waals surface area contributed by atoms with E-state index in [0.29, 0.717) is 0 Å². The summed E-state index contributed by atoms with van der Waals surface area (Å²) in [5, 5.41) is 2.41. The van der Waals surface area contributed by atoms with Gasteiger partial charge in [0.1, 0.15) is 0 Å². The number of anilines is 1. The van der Waals surface area contributed by atoms with Crippen molar-refractivity contribution in [2.45, 2.75) is 55.9 Å². The highest BCUT2D eigenvalue weighted by Gasteiger charge is 2.36. The van der Waals surface area contributed by atoms with Crippen LogP contribution in [0.1, 0.15) is 94.4 Å². The molecule has 6 unspecified atom stereocenters. The third kappa shape index (κ3) is 11.8. The van der Waals surface area contributed by atoms with Crippen LogP contribution in [-0.4, -0.2) is 16.3 Å². The molecule has 0 N–H and O–H groups in total. The Labute approximate surface area is 701 Å². The molecule has 8 aliphatic carbocycles. The highest BCUT2D eigenvalue weighted by atomic mass is 32.1. The van der Waals surface area contributed by atoms with E-state index in [1.54, 1.807) is 0 Å². The summed E-state index contributed by atoms with van der Waals surface area (Å²) in [6.07, 6.45) is 37.8. The van der Waals surface area contributed by atoms with Gasteiger partial charge in [0.25, 0.3) is 0 Å². The van der Waals surface area contributed by atoms with E-state index < -0.39 is 0 Å². The van der Waals surface area contributed by atoms with Gasteiger partial charge < -0.3 is 9.47 Å². The average molecular weight is 1540 g/mol. The molecule has 1 heterocycles. The molecule has 0 bridgehead atoms. The second-order valence-corrected chi connectivity index (χ2v) is 33.3. The van der Waals surface area contributed by atoms with Crippen LogP contribution in [0.25, 0.3) is 150 Å². The van der Waals surface area contributed by atoms with Crippen LogP contribution in [0.3, 0.4) is 0 Å². The van der Waals surface area contributed by atoms with Crippen molar-refractivity contribution in [2.75, 3.05) is 4.90 Å². The summed E-state index contributed by atoms with van der Waals surface area (Å²) >= 11 is 4.91. The van der Waals surface area contributed by atoms with Crippen molar-refractivity contribution in [3.63, 3.8) is 0 Å². The second-order valence-electron chi connectivity index (χ2n) is 33.1. The van der Waals surface area contributed by atoms with Gasteiger partial charge in [-0.3, -0.25) is 0 Å². The number of rotatable bonds is 9. The van der Waals surface area contributed by atoms with E-state index in [2.05, 4.69) is 423 Å². The van der Waals surface area contributed by atoms with Crippen molar-refractivity contribution in [1.82, 2.24) is 4.57 Å². The Bertz CT molecular complexity index is 7110. The minimum Gasteiger partial charge on any atom is -0.333 e. The molecule has 0 saturated carbocycles. The fourth-order valence-electron chi connectivity index (χ4n) is 21.1. The van der Waals surface area contributed by atoms with Crippen molar-refractivity contribution in [2.24, 2.45) is 10.3 Å². The van der Waals surface area contributed by atoms with E-state index in [1.807, 2.05) is 0 Å². The van der Waals surface area contributed by atoms with Gasteiger partial charge >= 0.3 is 0 Å². The lowest BCUT2D eigenvalue weighted by Gasteiger charge is -2.38. The maximum Gasteiger partial charge on any atom is 0.0792 e. The van der Waals surface area contributed by atoms with Crippen molar-refractivity contribution in [3.05, 3.63) is 457 Å². The van der Waals surface area contributed by atoms with Crippen LogP contribution < -0.4 is 4.90 Å². The molecule has 0 radical (unpaired) electrons. The first kappa shape index (κ1) is 70.5. The molecule has 8 aliphatic rings. The molecule has 23 rings (SSSR count). The molecule has 3 nitrogen and oxygen atoms in total. The van der Waals surface area contributed by atoms with E-state index in [9.17, 15) is 0 Å². The fourth-order valence-corrected chi connectivity index (χ4v) is 21.4. The Balaban J connectivity index is 0.621. The summed E-state index contributed by atoms with van der Waals surface area (Å²) in [5.74, 6) is 0.734. The number of allylic oxidation sites excluding steroid dienone is 18. The lowest BCUT2D eigenvalue weighted by molar-refractivity contribution is 0.731. The monoisotopic (exact) mass is 1540 g/mol. The van der Waals surface area contributed by atoms with E-state index in [0.717, 1.165) is 58.6 Å². The van der Waals surface area contributed by atoms with Gasteiger partial charge in [0.2, 0.25) is 0 Å². The quantitative estimate of drug-likeness (QED) is 0.143. The number of hydrogen-bond donors (Lipinski definition) is 1. The number of benzene rings is 14. The highest BCUT2D eigenvalue weighted by Crippen LogP contribution is 2.55. The zero-order valence-corrected chi connectivity index (χ0v) is 67.0. The van der Waals surface area contributed by atoms with Gasteiger partial charge in [-0.1, -0.05) is 341 Å². The predicted octanol–water partition coefficient (Wildman–Crippen LogP) is 30.1. The van der Waals surface area contributed by atoms with Gasteiger partial charge in [-0.15, -0.1) is 0 Å². The number of hydrogen-bond acceptors (Lipinski definition) is 3. The van der Waals surface area contributed by atoms with Crippen LogP contribution in [0.4, 0.5) is 5.69 Å². The van der Waals surface area contributed by atoms with E-state index in [-0.39, 0.29) is 35.6 Å². The maximum absolute atomic E-state index is 4.98. The Morgan fingerprint density at radius 3 is 1.31 bits per heavy atom. The summed E-state index contributed by atoms with van der Waals surface area (Å²) in [6, 6.07) is 119. The van der Waals surface area contributed by atoms with Crippen LogP contribution in [0, 0.1) is 5.92 Å². The summed E-state index contributed by atoms with van der Waals surface area (Å²) in [7, 11) is 0. The molecule has 564 valence electrons. The summed E-state index contributed by atoms with van der Waals surface area (Å²) in [6.45, 7) is 2.30. The van der Waals surface area contributed by atoms with E-state index in [4.69, 9.17) is 17.2 Å². The normalized spacial score (nSPS) is 19.0. The summed E-state index contributed by atoms with van der Waals surface area (Å²) < 4.78 is 7.47. The number of nitrogens with zero attached hydrogens (tertiary/aromatic N) is 3. The Morgan fingerprint density at radius 1 is 0.328 bits per heavy atom. The van der Waals surface area contributed by atoms with Crippen molar-refractivity contribution < 1.29 is 0 Å². The van der Waals surface area contributed by atoms with Crippen LogP contribution >= 0.6 is 12.8 Å². The smallest absolute Gasteiger partial charge is 0.0792 e. The van der Waals surface area contributed by atoms with E-state index >= 15 is 0 Å². The minimum absolute atomic E-state index is 0.0203. The predicted molar refractivity (Wildman–Crippen MR) is 505 cm³/mol. The first-order chi connectivity index (χ1) is 58.9. The molecular weight excluding hydrogens is 1460 g/mol. The second kappa shape index (κ2) is 29.1. The molecule has 0 amide bonds. The first-order valence-corrected chi connectivity index (χ1v) is 42.6. The molecular formula is C115H83N3S. The number of fused-ring (bicyclic) bond motifs is 27. The van der Waals surface area contributed by atoms with Crippen LogP contribution in [0.15, 0.2) is 417 Å². The van der Waals surface area contributed by atoms with Crippen molar-refractivity contribution in [1.29, 1.82) is 0 Å². The van der Waals surface area contributed by atoms with Crippen LogP contribution in [0.2, 0.25) is 0 Å². The number of aromatic nitrogens is 1.